The molecule has 0 amide bonds. The van der Waals surface area contributed by atoms with Crippen molar-refractivity contribution in [1.82, 2.24) is 14.7 Å². The summed E-state index contributed by atoms with van der Waals surface area (Å²) in [4.78, 5) is 71.2. The van der Waals surface area contributed by atoms with Crippen LogP contribution in [-0.4, -0.2) is 116 Å². The molecule has 1 aromatic carbocycles. The van der Waals surface area contributed by atoms with E-state index in [0.717, 1.165) is 54.7 Å². The van der Waals surface area contributed by atoms with E-state index in [0.29, 0.717) is 17.7 Å². The van der Waals surface area contributed by atoms with Crippen LogP contribution < -0.4 is 30.4 Å². The number of aliphatic carboxylic acids is 5. The highest BCUT2D eigenvalue weighted by Crippen LogP contribution is 2.38. The molecule has 0 N–H and O–H groups in total. The Morgan fingerprint density at radius 1 is 0.612 bits per heavy atom. The molecule has 49 heavy (non-hydrogen) atoms. The first-order valence-corrected chi connectivity index (χ1v) is 17.4. The molecule has 278 valence electrons. The molecular weight excluding hydrogens is 669 g/mol. The number of carbonyl (C=O) groups excluding carboxylic acids is 5. The van der Waals surface area contributed by atoms with Crippen LogP contribution in [-0.2, 0) is 44.0 Å². The van der Waals surface area contributed by atoms with E-state index in [1.807, 2.05) is 18.2 Å². The van der Waals surface area contributed by atoms with Crippen LogP contribution in [0.4, 0.5) is 0 Å². The van der Waals surface area contributed by atoms with Crippen molar-refractivity contribution in [1.29, 1.82) is 0 Å². The number of hydrogen-bond acceptors (Lipinski definition) is 17. The maximum Gasteiger partial charge on any atom is 0.267 e. The average Bonchev–Trinajstić information content (AvgIpc) is 2.99. The Morgan fingerprint density at radius 2 is 1.06 bits per heavy atom. The normalized spacial score (nSPS) is 13.4. The fraction of sp³-hybridized carbons (Fsp3) is 0.645. The number of benzene rings is 1. The summed E-state index contributed by atoms with van der Waals surface area (Å²) in [5.41, 5.74) is 1.31. The fourth-order valence-electron chi connectivity index (χ4n) is 5.02. The summed E-state index contributed by atoms with van der Waals surface area (Å²) < 4.78 is 22.3. The first kappa shape index (κ1) is 43.6. The first-order chi connectivity index (χ1) is 23.2. The molecule has 0 aromatic heterocycles. The molecule has 18 heteroatoms. The standard InChI is InChI=1S/C31H50N3O14P/c35-27(36)19-32(15-16-33(20-28(37)38)21-29(39)40)18-26(34(22-30(41)42)23-31(43)44)24-48-49(45,46)47-17-11-6-4-2-1-3-5-8-12-25-13-9-7-10-14-25/h7,9-10,13-14,26H,1-6,8,11-12,15-24H2,(H,35,36)(H,37,38)(H,39,40)(H,41,42)(H,43,44)(H,45,46)/p-6. The monoisotopic (exact) mass is 713 g/mol. The zero-order valence-corrected chi connectivity index (χ0v) is 28.3. The Kier molecular flexibility index (Phi) is 21.9. The summed E-state index contributed by atoms with van der Waals surface area (Å²) in [5.74, 6) is -8.42. The van der Waals surface area contributed by atoms with E-state index < -0.39 is 89.6 Å². The van der Waals surface area contributed by atoms with E-state index in [-0.39, 0.29) is 19.7 Å². The van der Waals surface area contributed by atoms with Gasteiger partial charge in [0.2, 0.25) is 0 Å². The molecule has 0 radical (unpaired) electrons. The SMILES string of the molecule is O=C([O-])CN(CCN(CC(=O)[O-])CC(COP(=O)([O-])OCCCCCCCCCCc1ccccc1)N(CC(=O)[O-])CC(=O)[O-])CC(=O)[O-]. The van der Waals surface area contributed by atoms with Gasteiger partial charge in [-0.25, -0.2) is 0 Å². The van der Waals surface area contributed by atoms with Crippen molar-refractivity contribution in [3.05, 3.63) is 35.9 Å². The van der Waals surface area contributed by atoms with Crippen molar-refractivity contribution in [3.63, 3.8) is 0 Å². The van der Waals surface area contributed by atoms with E-state index in [1.54, 1.807) is 0 Å². The summed E-state index contributed by atoms with van der Waals surface area (Å²) in [6.45, 7) is -7.03. The van der Waals surface area contributed by atoms with Crippen LogP contribution in [0.5, 0.6) is 0 Å². The maximum atomic E-state index is 12.5. The third-order valence-electron chi connectivity index (χ3n) is 7.32. The molecule has 17 nitrogen and oxygen atoms in total. The predicted molar refractivity (Wildman–Crippen MR) is 160 cm³/mol. The molecule has 0 bridgehead atoms. The smallest absolute Gasteiger partial charge is 0.267 e. The molecule has 0 aliphatic carbocycles. The van der Waals surface area contributed by atoms with Crippen molar-refractivity contribution in [2.75, 3.05) is 65.6 Å². The van der Waals surface area contributed by atoms with Gasteiger partial charge in [0.05, 0.1) is 43.1 Å². The predicted octanol–water partition coefficient (Wildman–Crippen LogP) is -5.12. The minimum atomic E-state index is -4.99. The summed E-state index contributed by atoms with van der Waals surface area (Å²) >= 11 is 0. The lowest BCUT2D eigenvalue weighted by molar-refractivity contribution is -0.313. The Labute approximate surface area is 285 Å². The van der Waals surface area contributed by atoms with Crippen LogP contribution in [0.3, 0.4) is 0 Å². The zero-order valence-electron chi connectivity index (χ0n) is 27.4. The second kappa shape index (κ2) is 24.7. The number of hydrogen-bond donors (Lipinski definition) is 0. The van der Waals surface area contributed by atoms with E-state index >= 15 is 0 Å². The quantitative estimate of drug-likeness (QED) is 0.0514. The molecule has 2 atom stereocenters. The Balaban J connectivity index is 2.69. The van der Waals surface area contributed by atoms with Crippen LogP contribution in [0.2, 0.25) is 0 Å². The molecule has 1 rings (SSSR count). The molecule has 0 saturated carbocycles. The minimum absolute atomic E-state index is 0.201. The Bertz CT molecular complexity index is 1170. The number of nitrogens with zero attached hydrogens (tertiary/aromatic N) is 3. The average molecular weight is 714 g/mol. The van der Waals surface area contributed by atoms with Crippen LogP contribution in [0.25, 0.3) is 0 Å². The molecule has 0 aliphatic heterocycles. The summed E-state index contributed by atoms with van der Waals surface area (Å²) in [6.07, 6.45) is 8.36. The molecule has 1 aromatic rings. The third kappa shape index (κ3) is 23.5. The van der Waals surface area contributed by atoms with Gasteiger partial charge >= 0.3 is 0 Å². The van der Waals surface area contributed by atoms with E-state index in [1.165, 1.54) is 5.56 Å². The van der Waals surface area contributed by atoms with Crippen LogP contribution in [0, 0.1) is 0 Å². The number of phosphoric acid groups is 1. The summed E-state index contributed by atoms with van der Waals surface area (Å²) in [7, 11) is -4.99. The topological polar surface area (TPSA) is 269 Å². The summed E-state index contributed by atoms with van der Waals surface area (Å²) in [5, 5.41) is 56.1. The van der Waals surface area contributed by atoms with Gasteiger partial charge < -0.3 is 63.4 Å². The van der Waals surface area contributed by atoms with Crippen molar-refractivity contribution in [2.24, 2.45) is 0 Å². The van der Waals surface area contributed by atoms with Gasteiger partial charge in [-0.05, 0) is 24.8 Å². The third-order valence-corrected chi connectivity index (χ3v) is 8.28. The highest BCUT2D eigenvalue weighted by Gasteiger charge is 2.25. The Morgan fingerprint density at radius 3 is 1.57 bits per heavy atom. The number of unbranched alkanes of at least 4 members (excludes halogenated alkanes) is 7. The second-order valence-corrected chi connectivity index (χ2v) is 12.9. The number of phosphoric ester groups is 1. The molecule has 0 spiro atoms. The van der Waals surface area contributed by atoms with Crippen LogP contribution in [0.1, 0.15) is 56.9 Å². The maximum absolute atomic E-state index is 12.5. The number of carboxylic acid groups (broad SMARTS) is 5. The first-order valence-electron chi connectivity index (χ1n) is 16.0. The van der Waals surface area contributed by atoms with Gasteiger partial charge in [-0.3, -0.25) is 19.3 Å². The van der Waals surface area contributed by atoms with Gasteiger partial charge in [-0.2, -0.15) is 0 Å². The van der Waals surface area contributed by atoms with Crippen LogP contribution in [0.15, 0.2) is 30.3 Å². The van der Waals surface area contributed by atoms with Gasteiger partial charge in [0.25, 0.3) is 7.82 Å². The molecule has 0 fully saturated rings. The number of aryl methyl sites for hydroxylation is 1. The van der Waals surface area contributed by atoms with E-state index in [2.05, 4.69) is 12.1 Å². The van der Waals surface area contributed by atoms with Crippen molar-refractivity contribution in [2.45, 2.75) is 63.8 Å². The van der Waals surface area contributed by atoms with Gasteiger partial charge in [0, 0.05) is 58.4 Å². The van der Waals surface area contributed by atoms with Crippen molar-refractivity contribution >= 4 is 37.7 Å². The lowest BCUT2D eigenvalue weighted by atomic mass is 10.0. The lowest BCUT2D eigenvalue weighted by Gasteiger charge is -2.37. The van der Waals surface area contributed by atoms with Gasteiger partial charge in [-0.15, -0.1) is 0 Å². The fourth-order valence-corrected chi connectivity index (χ4v) is 5.81. The minimum Gasteiger partial charge on any atom is -0.756 e. The van der Waals surface area contributed by atoms with Gasteiger partial charge in [0.15, 0.2) is 0 Å². The zero-order chi connectivity index (χ0) is 36.7. The molecule has 2 unspecified atom stereocenters. The highest BCUT2D eigenvalue weighted by molar-refractivity contribution is 7.45. The number of rotatable bonds is 31. The number of carboxylic acids is 5. The number of carbonyl (C=O) groups is 5. The largest absolute Gasteiger partial charge is 0.756 e. The second-order valence-electron chi connectivity index (χ2n) is 11.5. The molecule has 0 heterocycles. The highest BCUT2D eigenvalue weighted by atomic mass is 31.2. The Hall–Kier alpha value is -3.44. The van der Waals surface area contributed by atoms with Crippen molar-refractivity contribution < 1.29 is 68.0 Å². The van der Waals surface area contributed by atoms with Gasteiger partial charge in [-0.1, -0.05) is 68.9 Å². The lowest BCUT2D eigenvalue weighted by Crippen LogP contribution is -2.55. The van der Waals surface area contributed by atoms with Crippen molar-refractivity contribution in [3.8, 4) is 0 Å². The van der Waals surface area contributed by atoms with E-state index in [9.17, 15) is 59.0 Å². The van der Waals surface area contributed by atoms with Gasteiger partial charge in [0.1, 0.15) is 0 Å². The summed E-state index contributed by atoms with van der Waals surface area (Å²) in [6, 6.07) is 8.82. The molecule has 0 aliphatic rings. The molecular formula is C31H44N3O14P-6. The molecule has 0 saturated heterocycles. The van der Waals surface area contributed by atoms with Crippen LogP contribution >= 0.6 is 7.82 Å². The van der Waals surface area contributed by atoms with E-state index in [4.69, 9.17) is 9.05 Å².